The number of hydrogen-bond acceptors (Lipinski definition) is 6. The van der Waals surface area contributed by atoms with Gasteiger partial charge >= 0.3 is 0 Å². The van der Waals surface area contributed by atoms with E-state index in [4.69, 9.17) is 14.0 Å². The van der Waals surface area contributed by atoms with Gasteiger partial charge in [-0.1, -0.05) is 5.16 Å². The van der Waals surface area contributed by atoms with Gasteiger partial charge in [0.15, 0.2) is 17.3 Å². The van der Waals surface area contributed by atoms with Crippen LogP contribution in [0.2, 0.25) is 0 Å². The SMILES string of the molecule is Cc1nc(CC(=O)Nc2ccc3c(c2)OCO3)no1. The highest BCUT2D eigenvalue weighted by atomic mass is 16.7. The minimum atomic E-state index is -0.223. The molecule has 0 spiro atoms. The second-order valence-electron chi connectivity index (χ2n) is 4.02. The Hall–Kier alpha value is -2.57. The van der Waals surface area contributed by atoms with Gasteiger partial charge in [-0.15, -0.1) is 0 Å². The van der Waals surface area contributed by atoms with Gasteiger partial charge in [-0.3, -0.25) is 4.79 Å². The third-order valence-corrected chi connectivity index (χ3v) is 2.54. The molecule has 98 valence electrons. The maximum Gasteiger partial charge on any atom is 0.232 e. The van der Waals surface area contributed by atoms with Crippen LogP contribution in [0.25, 0.3) is 0 Å². The van der Waals surface area contributed by atoms with Crippen LogP contribution in [0.4, 0.5) is 5.69 Å². The topological polar surface area (TPSA) is 86.5 Å². The Morgan fingerprint density at radius 1 is 1.37 bits per heavy atom. The molecule has 0 fully saturated rings. The summed E-state index contributed by atoms with van der Waals surface area (Å²) in [7, 11) is 0. The number of anilines is 1. The zero-order chi connectivity index (χ0) is 13.2. The van der Waals surface area contributed by atoms with Crippen molar-refractivity contribution in [2.24, 2.45) is 0 Å². The fourth-order valence-corrected chi connectivity index (χ4v) is 1.74. The predicted octanol–water partition coefficient (Wildman–Crippen LogP) is 1.29. The van der Waals surface area contributed by atoms with Crippen molar-refractivity contribution in [1.29, 1.82) is 0 Å². The summed E-state index contributed by atoms with van der Waals surface area (Å²) in [6.07, 6.45) is 0.0613. The molecule has 3 rings (SSSR count). The number of nitrogens with one attached hydrogen (secondary N) is 1. The highest BCUT2D eigenvalue weighted by Gasteiger charge is 2.15. The summed E-state index contributed by atoms with van der Waals surface area (Å²) in [5.74, 6) is 1.86. The van der Waals surface area contributed by atoms with Crippen molar-refractivity contribution in [2.75, 3.05) is 12.1 Å². The number of fused-ring (bicyclic) bond motifs is 1. The van der Waals surface area contributed by atoms with E-state index in [1.165, 1.54) is 0 Å². The van der Waals surface area contributed by atoms with E-state index in [-0.39, 0.29) is 19.1 Å². The fraction of sp³-hybridized carbons (Fsp3) is 0.250. The van der Waals surface area contributed by atoms with Crippen LogP contribution in [0.3, 0.4) is 0 Å². The summed E-state index contributed by atoms with van der Waals surface area (Å²) < 4.78 is 15.2. The summed E-state index contributed by atoms with van der Waals surface area (Å²) in [5.41, 5.74) is 0.634. The highest BCUT2D eigenvalue weighted by Crippen LogP contribution is 2.34. The van der Waals surface area contributed by atoms with E-state index in [1.54, 1.807) is 25.1 Å². The van der Waals surface area contributed by atoms with Crippen molar-refractivity contribution in [1.82, 2.24) is 10.1 Å². The molecule has 2 heterocycles. The molecule has 1 aliphatic rings. The predicted molar refractivity (Wildman–Crippen MR) is 63.9 cm³/mol. The molecule has 19 heavy (non-hydrogen) atoms. The fourth-order valence-electron chi connectivity index (χ4n) is 1.74. The number of benzene rings is 1. The number of amides is 1. The van der Waals surface area contributed by atoms with Gasteiger partial charge in [-0.25, -0.2) is 0 Å². The Balaban J connectivity index is 1.66. The van der Waals surface area contributed by atoms with Crippen LogP contribution in [0.5, 0.6) is 11.5 Å². The van der Waals surface area contributed by atoms with Crippen LogP contribution >= 0.6 is 0 Å². The number of hydrogen-bond donors (Lipinski definition) is 1. The monoisotopic (exact) mass is 261 g/mol. The summed E-state index contributed by atoms with van der Waals surface area (Å²) >= 11 is 0. The lowest BCUT2D eigenvalue weighted by atomic mass is 10.2. The zero-order valence-corrected chi connectivity index (χ0v) is 10.2. The second-order valence-corrected chi connectivity index (χ2v) is 4.02. The van der Waals surface area contributed by atoms with E-state index in [9.17, 15) is 4.79 Å². The molecule has 1 aliphatic heterocycles. The highest BCUT2D eigenvalue weighted by molar-refractivity contribution is 5.92. The number of nitrogens with zero attached hydrogens (tertiary/aromatic N) is 2. The Morgan fingerprint density at radius 2 is 2.21 bits per heavy atom. The molecular formula is C12H11N3O4. The van der Waals surface area contributed by atoms with Crippen molar-refractivity contribution in [3.63, 3.8) is 0 Å². The molecule has 7 heteroatoms. The Bertz CT molecular complexity index is 623. The second kappa shape index (κ2) is 4.60. The molecule has 0 bridgehead atoms. The zero-order valence-electron chi connectivity index (χ0n) is 10.2. The number of aryl methyl sites for hydroxylation is 1. The van der Waals surface area contributed by atoms with Crippen molar-refractivity contribution in [3.05, 3.63) is 29.9 Å². The average molecular weight is 261 g/mol. The van der Waals surface area contributed by atoms with Gasteiger partial charge in [0.05, 0.1) is 6.42 Å². The maximum absolute atomic E-state index is 11.8. The van der Waals surface area contributed by atoms with E-state index < -0.39 is 0 Å². The smallest absolute Gasteiger partial charge is 0.232 e. The molecule has 0 aliphatic carbocycles. The lowest BCUT2D eigenvalue weighted by Crippen LogP contribution is -2.15. The van der Waals surface area contributed by atoms with Crippen LogP contribution in [0.15, 0.2) is 22.7 Å². The third kappa shape index (κ3) is 2.49. The van der Waals surface area contributed by atoms with E-state index in [2.05, 4.69) is 15.5 Å². The van der Waals surface area contributed by atoms with Crippen LogP contribution in [-0.2, 0) is 11.2 Å². The summed E-state index contributed by atoms with van der Waals surface area (Å²) in [6, 6.07) is 5.20. The standard InChI is InChI=1S/C12H11N3O4/c1-7-13-11(15-19-7)5-12(16)14-8-2-3-9-10(4-8)18-6-17-9/h2-4H,5-6H2,1H3,(H,14,16). The Kier molecular flexibility index (Phi) is 2.79. The van der Waals surface area contributed by atoms with E-state index >= 15 is 0 Å². The van der Waals surface area contributed by atoms with E-state index in [1.807, 2.05) is 0 Å². The van der Waals surface area contributed by atoms with Crippen molar-refractivity contribution < 1.29 is 18.8 Å². The minimum Gasteiger partial charge on any atom is -0.454 e. The van der Waals surface area contributed by atoms with Crippen LogP contribution in [0, 0.1) is 6.92 Å². The molecule has 7 nitrogen and oxygen atoms in total. The van der Waals surface area contributed by atoms with Crippen molar-refractivity contribution in [3.8, 4) is 11.5 Å². The van der Waals surface area contributed by atoms with Gasteiger partial charge < -0.3 is 19.3 Å². The molecule has 1 amide bonds. The molecule has 0 saturated heterocycles. The summed E-state index contributed by atoms with van der Waals surface area (Å²) in [6.45, 7) is 1.88. The van der Waals surface area contributed by atoms with Crippen molar-refractivity contribution >= 4 is 11.6 Å². The first-order chi connectivity index (χ1) is 9.20. The van der Waals surface area contributed by atoms with Gasteiger partial charge in [0.1, 0.15) is 0 Å². The molecule has 0 unspecified atom stereocenters. The number of carbonyl (C=O) groups is 1. The molecule has 0 saturated carbocycles. The Morgan fingerprint density at radius 3 is 3.00 bits per heavy atom. The Labute approximate surface area is 108 Å². The molecule has 1 aromatic carbocycles. The maximum atomic E-state index is 11.8. The first-order valence-electron chi connectivity index (χ1n) is 5.69. The summed E-state index contributed by atoms with van der Waals surface area (Å²) in [5, 5.41) is 6.40. The van der Waals surface area contributed by atoms with Crippen LogP contribution in [-0.4, -0.2) is 22.8 Å². The molecule has 1 aromatic heterocycles. The largest absolute Gasteiger partial charge is 0.454 e. The van der Waals surface area contributed by atoms with Gasteiger partial charge in [-0.05, 0) is 12.1 Å². The normalized spacial score (nSPS) is 12.5. The summed E-state index contributed by atoms with van der Waals surface area (Å²) in [4.78, 5) is 15.8. The number of ether oxygens (including phenoxy) is 2. The average Bonchev–Trinajstić information content (AvgIpc) is 2.97. The number of rotatable bonds is 3. The van der Waals surface area contributed by atoms with Gasteiger partial charge in [0, 0.05) is 18.7 Å². The van der Waals surface area contributed by atoms with Gasteiger partial charge in [-0.2, -0.15) is 4.98 Å². The first-order valence-corrected chi connectivity index (χ1v) is 5.69. The van der Waals surface area contributed by atoms with E-state index in [0.29, 0.717) is 28.9 Å². The lowest BCUT2D eigenvalue weighted by Gasteiger charge is -2.04. The van der Waals surface area contributed by atoms with Gasteiger partial charge in [0.2, 0.25) is 18.6 Å². The molecule has 1 N–H and O–H groups in total. The lowest BCUT2D eigenvalue weighted by molar-refractivity contribution is -0.115. The van der Waals surface area contributed by atoms with Crippen LogP contribution < -0.4 is 14.8 Å². The first kappa shape index (κ1) is 11.5. The number of carbonyl (C=O) groups excluding carboxylic acids is 1. The third-order valence-electron chi connectivity index (χ3n) is 2.54. The quantitative estimate of drug-likeness (QED) is 0.895. The van der Waals surface area contributed by atoms with E-state index in [0.717, 1.165) is 0 Å². The van der Waals surface area contributed by atoms with Crippen LogP contribution in [0.1, 0.15) is 11.7 Å². The van der Waals surface area contributed by atoms with Crippen molar-refractivity contribution in [2.45, 2.75) is 13.3 Å². The number of aromatic nitrogens is 2. The minimum absolute atomic E-state index is 0.0613. The molecule has 0 radical (unpaired) electrons. The molecule has 2 aromatic rings. The molecule has 0 atom stereocenters. The molecular weight excluding hydrogens is 250 g/mol. The van der Waals surface area contributed by atoms with Gasteiger partial charge in [0.25, 0.3) is 0 Å².